The molecule has 1 aliphatic heterocycles. The summed E-state index contributed by atoms with van der Waals surface area (Å²) in [4.78, 5) is 14.1. The summed E-state index contributed by atoms with van der Waals surface area (Å²) in [7, 11) is -3.12. The molecule has 1 saturated carbocycles. The number of benzene rings is 1. The molecule has 25 heavy (non-hydrogen) atoms. The van der Waals surface area contributed by atoms with Crippen LogP contribution in [0.5, 0.6) is 0 Å². The van der Waals surface area contributed by atoms with Crippen molar-refractivity contribution in [3.8, 4) is 0 Å². The number of carbonyl (C=O) groups is 1. The zero-order chi connectivity index (χ0) is 17.4. The molecular weight excluding hydrogens is 340 g/mol. The van der Waals surface area contributed by atoms with Crippen molar-refractivity contribution in [3.63, 3.8) is 0 Å². The molecule has 2 aliphatic rings. The standard InChI is InChI=1S/C18H22N2O4S/c21-18(10-16-15-8-4-5-9-17(15)24-19-16)20-11-14(12-20)25(22,23)13-6-2-1-3-7-13/h4-5,8-9,13-14H,1-3,6-7,10-12H2. The van der Waals surface area contributed by atoms with E-state index in [0.717, 1.165) is 37.5 Å². The highest BCUT2D eigenvalue weighted by atomic mass is 32.2. The SMILES string of the molecule is O=C(Cc1noc2ccccc12)N1CC(S(=O)(=O)C2CCCCC2)C1. The fourth-order valence-electron chi connectivity index (χ4n) is 3.84. The van der Waals surface area contributed by atoms with E-state index < -0.39 is 15.1 Å². The lowest BCUT2D eigenvalue weighted by Gasteiger charge is -2.40. The van der Waals surface area contributed by atoms with Crippen molar-refractivity contribution < 1.29 is 17.7 Å². The van der Waals surface area contributed by atoms with Crippen LogP contribution in [-0.4, -0.2) is 48.0 Å². The molecule has 0 N–H and O–H groups in total. The molecule has 7 heteroatoms. The first kappa shape index (κ1) is 16.6. The van der Waals surface area contributed by atoms with Gasteiger partial charge in [0.25, 0.3) is 0 Å². The minimum absolute atomic E-state index is 0.0888. The van der Waals surface area contributed by atoms with E-state index in [2.05, 4.69) is 5.16 Å². The first-order chi connectivity index (χ1) is 12.1. The maximum atomic E-state index is 12.7. The molecule has 1 saturated heterocycles. The molecule has 134 valence electrons. The Morgan fingerprint density at radius 2 is 1.84 bits per heavy atom. The molecule has 2 fully saturated rings. The number of fused-ring (bicyclic) bond motifs is 1. The van der Waals surface area contributed by atoms with Crippen molar-refractivity contribution in [1.82, 2.24) is 10.1 Å². The zero-order valence-corrected chi connectivity index (χ0v) is 14.9. The molecule has 0 bridgehead atoms. The van der Waals surface area contributed by atoms with Crippen molar-refractivity contribution in [2.75, 3.05) is 13.1 Å². The predicted octanol–water partition coefficient (Wildman–Crippen LogP) is 2.33. The molecular formula is C18H22N2O4S. The summed E-state index contributed by atoms with van der Waals surface area (Å²) < 4.78 is 30.5. The molecule has 1 amide bonds. The number of para-hydroxylation sites is 1. The number of hydrogen-bond acceptors (Lipinski definition) is 5. The number of aromatic nitrogens is 1. The van der Waals surface area contributed by atoms with Gasteiger partial charge in [-0.05, 0) is 25.0 Å². The van der Waals surface area contributed by atoms with Crippen LogP contribution in [0.15, 0.2) is 28.8 Å². The van der Waals surface area contributed by atoms with E-state index in [4.69, 9.17) is 4.52 Å². The molecule has 0 unspecified atom stereocenters. The van der Waals surface area contributed by atoms with Crippen LogP contribution in [0.1, 0.15) is 37.8 Å². The second kappa shape index (κ2) is 6.44. The molecule has 1 aromatic heterocycles. The van der Waals surface area contributed by atoms with Crippen LogP contribution in [0.25, 0.3) is 11.0 Å². The summed E-state index contributed by atoms with van der Waals surface area (Å²) in [5.41, 5.74) is 1.27. The first-order valence-electron chi connectivity index (χ1n) is 8.89. The third-order valence-electron chi connectivity index (χ3n) is 5.45. The van der Waals surface area contributed by atoms with E-state index >= 15 is 0 Å². The third kappa shape index (κ3) is 3.05. The molecule has 0 spiro atoms. The van der Waals surface area contributed by atoms with Gasteiger partial charge in [-0.25, -0.2) is 8.42 Å². The number of hydrogen-bond donors (Lipinski definition) is 0. The highest BCUT2D eigenvalue weighted by Crippen LogP contribution is 2.30. The molecule has 1 aliphatic carbocycles. The topological polar surface area (TPSA) is 80.5 Å². The van der Waals surface area contributed by atoms with Gasteiger partial charge in [-0.3, -0.25) is 4.79 Å². The third-order valence-corrected chi connectivity index (χ3v) is 8.08. The predicted molar refractivity (Wildman–Crippen MR) is 93.9 cm³/mol. The summed E-state index contributed by atoms with van der Waals surface area (Å²) in [6, 6.07) is 7.42. The largest absolute Gasteiger partial charge is 0.356 e. The van der Waals surface area contributed by atoms with Crippen molar-refractivity contribution in [3.05, 3.63) is 30.0 Å². The van der Waals surface area contributed by atoms with Crippen LogP contribution in [-0.2, 0) is 21.1 Å². The molecule has 0 atom stereocenters. The van der Waals surface area contributed by atoms with Crippen molar-refractivity contribution in [2.45, 2.75) is 49.0 Å². The molecule has 4 rings (SSSR count). The number of nitrogens with zero attached hydrogens (tertiary/aromatic N) is 2. The molecule has 2 heterocycles. The smallest absolute Gasteiger partial charge is 0.228 e. The summed E-state index contributed by atoms with van der Waals surface area (Å²) in [6.45, 7) is 0.626. The minimum Gasteiger partial charge on any atom is -0.356 e. The second-order valence-electron chi connectivity index (χ2n) is 7.07. The van der Waals surface area contributed by atoms with E-state index in [1.54, 1.807) is 4.90 Å². The van der Waals surface area contributed by atoms with Gasteiger partial charge in [0.1, 0.15) is 5.69 Å². The Morgan fingerprint density at radius 3 is 2.60 bits per heavy atom. The van der Waals surface area contributed by atoms with Crippen molar-refractivity contribution >= 4 is 26.7 Å². The van der Waals surface area contributed by atoms with Crippen molar-refractivity contribution in [1.29, 1.82) is 0 Å². The van der Waals surface area contributed by atoms with Crippen molar-refractivity contribution in [2.24, 2.45) is 0 Å². The fraction of sp³-hybridized carbons (Fsp3) is 0.556. The lowest BCUT2D eigenvalue weighted by molar-refractivity contribution is -0.133. The van der Waals surface area contributed by atoms with Gasteiger partial charge in [-0.1, -0.05) is 36.6 Å². The number of rotatable bonds is 4. The summed E-state index contributed by atoms with van der Waals surface area (Å²) in [5, 5.41) is 4.21. The van der Waals surface area contributed by atoms with Gasteiger partial charge in [0.2, 0.25) is 5.91 Å². The Hall–Kier alpha value is -1.89. The van der Waals surface area contributed by atoms with E-state index in [0.29, 0.717) is 24.4 Å². The summed E-state index contributed by atoms with van der Waals surface area (Å²) in [6.07, 6.45) is 4.83. The van der Waals surface area contributed by atoms with Gasteiger partial charge in [-0.15, -0.1) is 0 Å². The number of sulfone groups is 1. The van der Waals surface area contributed by atoms with Crippen LogP contribution in [0.2, 0.25) is 0 Å². The van der Waals surface area contributed by atoms with Crippen LogP contribution < -0.4 is 0 Å². The van der Waals surface area contributed by atoms with E-state index in [-0.39, 0.29) is 17.6 Å². The number of carbonyl (C=O) groups excluding carboxylic acids is 1. The van der Waals surface area contributed by atoms with Crippen LogP contribution in [0.4, 0.5) is 0 Å². The van der Waals surface area contributed by atoms with Crippen LogP contribution in [0.3, 0.4) is 0 Å². The average molecular weight is 362 g/mol. The summed E-state index contributed by atoms with van der Waals surface area (Å²) >= 11 is 0. The Balaban J connectivity index is 1.38. The molecule has 6 nitrogen and oxygen atoms in total. The fourth-order valence-corrected chi connectivity index (χ4v) is 6.15. The van der Waals surface area contributed by atoms with E-state index in [9.17, 15) is 13.2 Å². The molecule has 2 aromatic rings. The monoisotopic (exact) mass is 362 g/mol. The normalized spacial score (nSPS) is 19.9. The Bertz CT molecular complexity index is 877. The van der Waals surface area contributed by atoms with E-state index in [1.807, 2.05) is 24.3 Å². The lowest BCUT2D eigenvalue weighted by Crippen LogP contribution is -2.59. The Labute approximate surface area is 147 Å². The highest BCUT2D eigenvalue weighted by molar-refractivity contribution is 7.92. The Morgan fingerprint density at radius 1 is 1.12 bits per heavy atom. The van der Waals surface area contributed by atoms with Gasteiger partial charge < -0.3 is 9.42 Å². The van der Waals surface area contributed by atoms with E-state index in [1.165, 1.54) is 0 Å². The van der Waals surface area contributed by atoms with Gasteiger partial charge in [0.15, 0.2) is 15.4 Å². The average Bonchev–Trinajstić information content (AvgIpc) is 2.97. The first-order valence-corrected chi connectivity index (χ1v) is 10.5. The highest BCUT2D eigenvalue weighted by Gasteiger charge is 2.43. The second-order valence-corrected chi connectivity index (χ2v) is 9.58. The molecule has 0 radical (unpaired) electrons. The van der Waals surface area contributed by atoms with Gasteiger partial charge in [0.05, 0.1) is 16.9 Å². The van der Waals surface area contributed by atoms with Gasteiger partial charge in [-0.2, -0.15) is 0 Å². The Kier molecular flexibility index (Phi) is 4.27. The number of likely N-dealkylation sites (tertiary alicyclic amines) is 1. The van der Waals surface area contributed by atoms with Gasteiger partial charge >= 0.3 is 0 Å². The number of amides is 1. The quantitative estimate of drug-likeness (QED) is 0.834. The maximum absolute atomic E-state index is 12.7. The van der Waals surface area contributed by atoms with Crippen LogP contribution >= 0.6 is 0 Å². The van der Waals surface area contributed by atoms with Gasteiger partial charge in [0, 0.05) is 18.5 Å². The van der Waals surface area contributed by atoms with Crippen LogP contribution in [0, 0.1) is 0 Å². The summed E-state index contributed by atoms with van der Waals surface area (Å²) in [5.74, 6) is -0.0888. The maximum Gasteiger partial charge on any atom is 0.228 e. The zero-order valence-electron chi connectivity index (χ0n) is 14.1. The molecule has 1 aromatic carbocycles. The lowest BCUT2D eigenvalue weighted by atomic mass is 10.0. The minimum atomic E-state index is -3.12.